The van der Waals surface area contributed by atoms with Crippen LogP contribution >= 0.6 is 24.0 Å². The topological polar surface area (TPSA) is 53.6 Å². The molecule has 5 heteroatoms. The normalized spacial score (nSPS) is 23.4. The number of nitrogens with zero attached hydrogens (tertiary/aromatic N) is 2. The van der Waals surface area contributed by atoms with E-state index in [1.54, 1.807) is 0 Å². The minimum atomic E-state index is 0. The molecule has 3 N–H and O–H groups in total. The van der Waals surface area contributed by atoms with E-state index in [0.717, 1.165) is 19.0 Å². The molecule has 2 fully saturated rings. The Morgan fingerprint density at radius 3 is 2.33 bits per heavy atom. The number of guanidine groups is 1. The van der Waals surface area contributed by atoms with Gasteiger partial charge in [0, 0.05) is 12.6 Å². The zero-order valence-electron chi connectivity index (χ0n) is 13.5. The van der Waals surface area contributed by atoms with Gasteiger partial charge in [-0.25, -0.2) is 0 Å². The highest BCUT2D eigenvalue weighted by atomic mass is 127. The Morgan fingerprint density at radius 1 is 1.10 bits per heavy atom. The fourth-order valence-corrected chi connectivity index (χ4v) is 3.28. The van der Waals surface area contributed by atoms with Crippen LogP contribution in [0, 0.1) is 5.92 Å². The molecule has 0 bridgehead atoms. The second kappa shape index (κ2) is 10.6. The first kappa shape index (κ1) is 19.0. The summed E-state index contributed by atoms with van der Waals surface area (Å²) in [6.07, 6.45) is 10.6. The first-order valence-corrected chi connectivity index (χ1v) is 8.53. The van der Waals surface area contributed by atoms with Crippen molar-refractivity contribution in [2.75, 3.05) is 26.2 Å². The van der Waals surface area contributed by atoms with E-state index in [-0.39, 0.29) is 24.0 Å². The van der Waals surface area contributed by atoms with Crippen molar-refractivity contribution >= 4 is 29.9 Å². The molecule has 1 saturated heterocycles. The summed E-state index contributed by atoms with van der Waals surface area (Å²) in [6, 6.07) is 0.553. The van der Waals surface area contributed by atoms with Crippen molar-refractivity contribution in [3.63, 3.8) is 0 Å². The van der Waals surface area contributed by atoms with Gasteiger partial charge in [-0.3, -0.25) is 4.99 Å². The molecular formula is C16H33IN4. The SMILES string of the molecule is CC1CCN(CCN=C(N)NC2CCCCCC2)CC1.I. The quantitative estimate of drug-likeness (QED) is 0.326. The minimum Gasteiger partial charge on any atom is -0.370 e. The van der Waals surface area contributed by atoms with Crippen LogP contribution < -0.4 is 11.1 Å². The molecule has 0 spiro atoms. The summed E-state index contributed by atoms with van der Waals surface area (Å²) in [7, 11) is 0. The summed E-state index contributed by atoms with van der Waals surface area (Å²) in [5.74, 6) is 1.55. The Kier molecular flexibility index (Phi) is 9.64. The lowest BCUT2D eigenvalue weighted by molar-refractivity contribution is 0.197. The van der Waals surface area contributed by atoms with E-state index in [9.17, 15) is 0 Å². The molecule has 0 atom stereocenters. The van der Waals surface area contributed by atoms with Crippen LogP contribution in [0.2, 0.25) is 0 Å². The average Bonchev–Trinajstić information content (AvgIpc) is 2.70. The van der Waals surface area contributed by atoms with E-state index < -0.39 is 0 Å². The van der Waals surface area contributed by atoms with Gasteiger partial charge >= 0.3 is 0 Å². The number of rotatable bonds is 4. The Morgan fingerprint density at radius 2 is 1.71 bits per heavy atom. The average molecular weight is 408 g/mol. The van der Waals surface area contributed by atoms with Gasteiger partial charge in [0.2, 0.25) is 0 Å². The fourth-order valence-electron chi connectivity index (χ4n) is 3.28. The Balaban J connectivity index is 0.00000220. The number of aliphatic imine (C=N–C) groups is 1. The molecule has 2 rings (SSSR count). The maximum absolute atomic E-state index is 6.01. The van der Waals surface area contributed by atoms with Crippen molar-refractivity contribution in [2.24, 2.45) is 16.6 Å². The summed E-state index contributed by atoms with van der Waals surface area (Å²) >= 11 is 0. The molecule has 1 saturated carbocycles. The smallest absolute Gasteiger partial charge is 0.188 e. The van der Waals surface area contributed by atoms with Gasteiger partial charge in [0.25, 0.3) is 0 Å². The van der Waals surface area contributed by atoms with E-state index in [1.807, 2.05) is 0 Å². The van der Waals surface area contributed by atoms with Crippen molar-refractivity contribution in [2.45, 2.75) is 64.3 Å². The van der Waals surface area contributed by atoms with Crippen LogP contribution in [0.15, 0.2) is 4.99 Å². The standard InChI is InChI=1S/C16H32N4.HI/c1-14-8-11-20(12-9-14)13-10-18-16(17)19-15-6-4-2-3-5-7-15;/h14-15H,2-13H2,1H3,(H3,17,18,19);1H. The van der Waals surface area contributed by atoms with Crippen molar-refractivity contribution in [3.05, 3.63) is 0 Å². The van der Waals surface area contributed by atoms with Gasteiger partial charge < -0.3 is 16.0 Å². The lowest BCUT2D eigenvalue weighted by Crippen LogP contribution is -2.40. The van der Waals surface area contributed by atoms with Crippen LogP contribution in [0.5, 0.6) is 0 Å². The number of nitrogens with two attached hydrogens (primary N) is 1. The molecule has 2 aliphatic rings. The van der Waals surface area contributed by atoms with Gasteiger partial charge in [0.05, 0.1) is 6.54 Å². The monoisotopic (exact) mass is 408 g/mol. The van der Waals surface area contributed by atoms with Gasteiger partial charge in [-0.2, -0.15) is 0 Å². The van der Waals surface area contributed by atoms with E-state index >= 15 is 0 Å². The number of nitrogens with one attached hydrogen (secondary N) is 1. The van der Waals surface area contributed by atoms with E-state index in [0.29, 0.717) is 12.0 Å². The Bertz CT molecular complexity index is 293. The molecular weight excluding hydrogens is 375 g/mol. The molecule has 1 aliphatic carbocycles. The van der Waals surface area contributed by atoms with Crippen molar-refractivity contribution in [1.82, 2.24) is 10.2 Å². The molecule has 1 aliphatic heterocycles. The molecule has 0 aromatic carbocycles. The van der Waals surface area contributed by atoms with E-state index in [1.165, 1.54) is 64.5 Å². The molecule has 0 aromatic heterocycles. The van der Waals surface area contributed by atoms with Gasteiger partial charge in [0.1, 0.15) is 0 Å². The second-order valence-corrected chi connectivity index (χ2v) is 6.62. The molecule has 21 heavy (non-hydrogen) atoms. The van der Waals surface area contributed by atoms with Gasteiger partial charge in [-0.15, -0.1) is 24.0 Å². The van der Waals surface area contributed by atoms with Crippen molar-refractivity contribution in [3.8, 4) is 0 Å². The first-order chi connectivity index (χ1) is 9.74. The third kappa shape index (κ3) is 7.68. The van der Waals surface area contributed by atoms with Crippen LogP contribution in [-0.2, 0) is 0 Å². The largest absolute Gasteiger partial charge is 0.370 e. The van der Waals surface area contributed by atoms with Crippen LogP contribution in [0.3, 0.4) is 0 Å². The van der Waals surface area contributed by atoms with Crippen LogP contribution in [0.4, 0.5) is 0 Å². The third-order valence-corrected chi connectivity index (χ3v) is 4.78. The molecule has 124 valence electrons. The number of hydrogen-bond acceptors (Lipinski definition) is 2. The number of halogens is 1. The number of piperidine rings is 1. The third-order valence-electron chi connectivity index (χ3n) is 4.78. The van der Waals surface area contributed by atoms with Crippen LogP contribution in [-0.4, -0.2) is 43.1 Å². The van der Waals surface area contributed by atoms with Gasteiger partial charge in [-0.05, 0) is 44.7 Å². The highest BCUT2D eigenvalue weighted by Gasteiger charge is 2.15. The molecule has 0 unspecified atom stereocenters. The van der Waals surface area contributed by atoms with Crippen molar-refractivity contribution in [1.29, 1.82) is 0 Å². The molecule has 4 nitrogen and oxygen atoms in total. The molecule has 0 radical (unpaired) electrons. The fraction of sp³-hybridized carbons (Fsp3) is 0.938. The zero-order valence-corrected chi connectivity index (χ0v) is 15.9. The summed E-state index contributed by atoms with van der Waals surface area (Å²) in [5, 5.41) is 3.41. The number of hydrogen-bond donors (Lipinski definition) is 2. The first-order valence-electron chi connectivity index (χ1n) is 8.53. The summed E-state index contributed by atoms with van der Waals surface area (Å²) in [6.45, 7) is 6.70. The van der Waals surface area contributed by atoms with E-state index in [4.69, 9.17) is 5.73 Å². The maximum Gasteiger partial charge on any atom is 0.188 e. The number of likely N-dealkylation sites (tertiary alicyclic amines) is 1. The highest BCUT2D eigenvalue weighted by Crippen LogP contribution is 2.17. The summed E-state index contributed by atoms with van der Waals surface area (Å²) in [5.41, 5.74) is 6.01. The Hall–Kier alpha value is -0.0400. The molecule has 0 aromatic rings. The van der Waals surface area contributed by atoms with Crippen LogP contribution in [0.1, 0.15) is 58.3 Å². The van der Waals surface area contributed by atoms with Crippen LogP contribution in [0.25, 0.3) is 0 Å². The predicted octanol–water partition coefficient (Wildman–Crippen LogP) is 2.96. The Labute approximate surface area is 147 Å². The predicted molar refractivity (Wildman–Crippen MR) is 101 cm³/mol. The van der Waals surface area contributed by atoms with Gasteiger partial charge in [-0.1, -0.05) is 32.6 Å². The van der Waals surface area contributed by atoms with Crippen molar-refractivity contribution < 1.29 is 0 Å². The highest BCUT2D eigenvalue weighted by molar-refractivity contribution is 14.0. The summed E-state index contributed by atoms with van der Waals surface area (Å²) in [4.78, 5) is 7.02. The molecule has 0 amide bonds. The maximum atomic E-state index is 6.01. The van der Waals surface area contributed by atoms with Gasteiger partial charge in [0.15, 0.2) is 5.96 Å². The second-order valence-electron chi connectivity index (χ2n) is 6.62. The summed E-state index contributed by atoms with van der Waals surface area (Å²) < 4.78 is 0. The molecule has 1 heterocycles. The zero-order chi connectivity index (χ0) is 14.2. The van der Waals surface area contributed by atoms with E-state index in [2.05, 4.69) is 22.1 Å². The minimum absolute atomic E-state index is 0. The lowest BCUT2D eigenvalue weighted by Gasteiger charge is -2.29. The lowest BCUT2D eigenvalue weighted by atomic mass is 9.99.